The van der Waals surface area contributed by atoms with E-state index in [-0.39, 0.29) is 6.10 Å². The number of hydrazine groups is 1. The Balaban J connectivity index is 2.45. The van der Waals surface area contributed by atoms with Crippen molar-refractivity contribution in [2.24, 2.45) is 11.8 Å². The Hall–Kier alpha value is -2.58. The van der Waals surface area contributed by atoms with Gasteiger partial charge in [0.2, 0.25) is 0 Å². The van der Waals surface area contributed by atoms with Crippen molar-refractivity contribution in [3.8, 4) is 0 Å². The van der Waals surface area contributed by atoms with E-state index in [4.69, 9.17) is 9.47 Å². The van der Waals surface area contributed by atoms with Crippen molar-refractivity contribution in [2.45, 2.75) is 80.9 Å². The first-order chi connectivity index (χ1) is 16.7. The minimum atomic E-state index is -0.945. The molecule has 198 valence electrons. The number of carbonyl (C=O) groups is 2. The topological polar surface area (TPSA) is 67.9 Å². The fourth-order valence-corrected chi connectivity index (χ4v) is 5.77. The lowest BCUT2D eigenvalue weighted by atomic mass is 9.95. The predicted molar refractivity (Wildman–Crippen MR) is 152 cm³/mol. The van der Waals surface area contributed by atoms with Gasteiger partial charge in [0, 0.05) is 10.4 Å². The summed E-state index contributed by atoms with van der Waals surface area (Å²) in [6.07, 6.45) is 2.56. The van der Waals surface area contributed by atoms with Gasteiger partial charge in [-0.05, 0) is 87.4 Å². The molecule has 0 saturated heterocycles. The third-order valence-corrected chi connectivity index (χ3v) is 7.24. The molecule has 2 aromatic rings. The van der Waals surface area contributed by atoms with Crippen molar-refractivity contribution in [3.05, 3.63) is 50.4 Å². The zero-order chi connectivity index (χ0) is 27.2. The van der Waals surface area contributed by atoms with Crippen LogP contribution in [0.2, 0.25) is 0 Å². The maximum atomic E-state index is 13.6. The number of allylic oxidation sites excluding steroid dienone is 4. The second-order valence-electron chi connectivity index (χ2n) is 10.3. The zero-order valence-corrected chi connectivity index (χ0v) is 24.7. The molecular formula is C28H40N2O4S2. The molecule has 36 heavy (non-hydrogen) atoms. The maximum Gasteiger partial charge on any atom is 0.434 e. The number of nitrogens with one attached hydrogen (secondary N) is 1. The SMILES string of the molecule is CC(=CC(C)C)c1sccc1N(NC(=O)OC(C)C)C(=O)OC(C)(C)c1ccsc1C(C)=CC(C)C. The third kappa shape index (κ3) is 7.96. The first-order valence-corrected chi connectivity index (χ1v) is 14.0. The van der Waals surface area contributed by atoms with Crippen LogP contribution in [0.5, 0.6) is 0 Å². The molecule has 0 aromatic carbocycles. The van der Waals surface area contributed by atoms with Crippen LogP contribution in [0.1, 0.15) is 84.6 Å². The summed E-state index contributed by atoms with van der Waals surface area (Å²) in [4.78, 5) is 28.1. The van der Waals surface area contributed by atoms with Gasteiger partial charge in [-0.1, -0.05) is 39.8 Å². The number of ether oxygens (including phenoxy) is 2. The van der Waals surface area contributed by atoms with Crippen LogP contribution in [0.25, 0.3) is 11.1 Å². The molecule has 2 aromatic heterocycles. The van der Waals surface area contributed by atoms with Crippen LogP contribution in [-0.4, -0.2) is 18.3 Å². The van der Waals surface area contributed by atoms with Crippen molar-refractivity contribution in [1.82, 2.24) is 5.43 Å². The maximum absolute atomic E-state index is 13.6. The Morgan fingerprint density at radius 2 is 1.44 bits per heavy atom. The van der Waals surface area contributed by atoms with Crippen LogP contribution in [0.4, 0.5) is 15.3 Å². The molecule has 0 radical (unpaired) electrons. The minimum Gasteiger partial charge on any atom is -0.446 e. The highest BCUT2D eigenvalue weighted by Crippen LogP contribution is 2.38. The van der Waals surface area contributed by atoms with Gasteiger partial charge < -0.3 is 9.47 Å². The van der Waals surface area contributed by atoms with E-state index in [1.165, 1.54) is 11.3 Å². The number of rotatable bonds is 8. The minimum absolute atomic E-state index is 0.331. The summed E-state index contributed by atoms with van der Waals surface area (Å²) in [6, 6.07) is 3.79. The van der Waals surface area contributed by atoms with Crippen LogP contribution in [0, 0.1) is 11.8 Å². The molecule has 6 nitrogen and oxygen atoms in total. The van der Waals surface area contributed by atoms with Gasteiger partial charge in [-0.25, -0.2) is 15.0 Å². The highest BCUT2D eigenvalue weighted by molar-refractivity contribution is 7.11. The average Bonchev–Trinajstić information content (AvgIpc) is 3.40. The molecule has 0 aliphatic heterocycles. The number of carbonyl (C=O) groups excluding carboxylic acids is 2. The van der Waals surface area contributed by atoms with Gasteiger partial charge in [0.05, 0.1) is 16.7 Å². The average molecular weight is 533 g/mol. The molecule has 8 heteroatoms. The number of anilines is 1. The fraction of sp³-hybridized carbons (Fsp3) is 0.500. The third-order valence-electron chi connectivity index (χ3n) is 5.15. The first kappa shape index (κ1) is 29.6. The number of amides is 2. The van der Waals surface area contributed by atoms with E-state index < -0.39 is 17.8 Å². The second-order valence-corrected chi connectivity index (χ2v) is 12.1. The Morgan fingerprint density at radius 1 is 0.917 bits per heavy atom. The number of nitrogens with zero attached hydrogens (tertiary/aromatic N) is 1. The van der Waals surface area contributed by atoms with Crippen LogP contribution >= 0.6 is 22.7 Å². The fourth-order valence-electron chi connectivity index (χ4n) is 3.87. The first-order valence-electron chi connectivity index (χ1n) is 12.3. The molecule has 0 spiro atoms. The Labute approximate surface area is 224 Å². The lowest BCUT2D eigenvalue weighted by Gasteiger charge is -2.30. The van der Waals surface area contributed by atoms with E-state index in [1.54, 1.807) is 31.3 Å². The van der Waals surface area contributed by atoms with Crippen LogP contribution in [-0.2, 0) is 15.1 Å². The van der Waals surface area contributed by atoms with Gasteiger partial charge in [-0.15, -0.1) is 22.7 Å². The summed E-state index contributed by atoms with van der Waals surface area (Å²) < 4.78 is 11.3. The highest BCUT2D eigenvalue weighted by Gasteiger charge is 2.34. The molecule has 0 saturated carbocycles. The molecule has 0 atom stereocenters. The van der Waals surface area contributed by atoms with Gasteiger partial charge >= 0.3 is 12.2 Å². The summed E-state index contributed by atoms with van der Waals surface area (Å²) in [7, 11) is 0. The molecule has 2 heterocycles. The van der Waals surface area contributed by atoms with Crippen molar-refractivity contribution >= 4 is 51.7 Å². The van der Waals surface area contributed by atoms with E-state index in [2.05, 4.69) is 52.2 Å². The van der Waals surface area contributed by atoms with Gasteiger partial charge in [-0.3, -0.25) is 0 Å². The van der Waals surface area contributed by atoms with Gasteiger partial charge in [0.25, 0.3) is 0 Å². The summed E-state index contributed by atoms with van der Waals surface area (Å²) in [6.45, 7) is 19.8. The Bertz CT molecular complexity index is 1110. The van der Waals surface area contributed by atoms with Crippen LogP contribution < -0.4 is 10.4 Å². The lowest BCUT2D eigenvalue weighted by Crippen LogP contribution is -2.49. The van der Waals surface area contributed by atoms with Gasteiger partial charge in [-0.2, -0.15) is 5.01 Å². The summed E-state index contributed by atoms with van der Waals surface area (Å²) in [5.74, 6) is 0.730. The number of hydrogen-bond donors (Lipinski definition) is 1. The zero-order valence-electron chi connectivity index (χ0n) is 23.1. The highest BCUT2D eigenvalue weighted by atomic mass is 32.1. The van der Waals surface area contributed by atoms with E-state index in [0.717, 1.165) is 31.5 Å². The number of hydrogen-bond acceptors (Lipinski definition) is 6. The van der Waals surface area contributed by atoms with E-state index in [1.807, 2.05) is 37.6 Å². The molecule has 2 amide bonds. The standard InChI is InChI=1S/C28H40N2O4S2/c1-17(2)15-20(7)24-22(11-13-35-24)28(9,10)34-27(32)30(29-26(31)33-19(5)6)23-12-14-36-25(23)21(8)16-18(3)4/h11-19H,1-10H3,(H,29,31). The van der Waals surface area contributed by atoms with Gasteiger partial charge in [0.1, 0.15) is 5.60 Å². The molecule has 1 N–H and O–H groups in total. The van der Waals surface area contributed by atoms with Crippen LogP contribution in [0.15, 0.2) is 35.0 Å². The summed E-state index contributed by atoms with van der Waals surface area (Å²) in [5, 5.41) is 5.05. The quantitative estimate of drug-likeness (QED) is 0.345. The van der Waals surface area contributed by atoms with Crippen molar-refractivity contribution < 1.29 is 19.1 Å². The molecular weight excluding hydrogens is 492 g/mol. The van der Waals surface area contributed by atoms with E-state index in [9.17, 15) is 9.59 Å². The number of thiophene rings is 2. The molecule has 0 fully saturated rings. The molecule has 0 aliphatic rings. The van der Waals surface area contributed by atoms with E-state index in [0.29, 0.717) is 17.5 Å². The lowest BCUT2D eigenvalue weighted by molar-refractivity contribution is 0.0387. The molecule has 0 unspecified atom stereocenters. The largest absolute Gasteiger partial charge is 0.446 e. The molecule has 2 rings (SSSR count). The summed E-state index contributed by atoms with van der Waals surface area (Å²) >= 11 is 3.12. The summed E-state index contributed by atoms with van der Waals surface area (Å²) in [5.41, 5.74) is 5.27. The van der Waals surface area contributed by atoms with Crippen molar-refractivity contribution in [2.75, 3.05) is 5.01 Å². The predicted octanol–water partition coefficient (Wildman–Crippen LogP) is 8.86. The Kier molecular flexibility index (Phi) is 10.4. The van der Waals surface area contributed by atoms with Crippen molar-refractivity contribution in [3.63, 3.8) is 0 Å². The molecule has 0 aliphatic carbocycles. The van der Waals surface area contributed by atoms with Crippen LogP contribution in [0.3, 0.4) is 0 Å². The van der Waals surface area contributed by atoms with Gasteiger partial charge in [0.15, 0.2) is 0 Å². The smallest absolute Gasteiger partial charge is 0.434 e. The normalized spacial score (nSPS) is 12.9. The molecule has 0 bridgehead atoms. The monoisotopic (exact) mass is 532 g/mol. The van der Waals surface area contributed by atoms with Crippen molar-refractivity contribution in [1.29, 1.82) is 0 Å². The van der Waals surface area contributed by atoms with E-state index >= 15 is 0 Å². The second kappa shape index (κ2) is 12.6. The Morgan fingerprint density at radius 3 is 2.00 bits per heavy atom.